The van der Waals surface area contributed by atoms with E-state index in [9.17, 15) is 0 Å². The molecular weight excluding hydrogens is 302 g/mol. The molecule has 0 atom stereocenters. The van der Waals surface area contributed by atoms with Crippen LogP contribution in [0.4, 0.5) is 11.5 Å². The van der Waals surface area contributed by atoms with E-state index in [0.717, 1.165) is 39.5 Å². The number of fused-ring (bicyclic) bond motifs is 2. The fourth-order valence-corrected chi connectivity index (χ4v) is 2.84. The van der Waals surface area contributed by atoms with Gasteiger partial charge in [-0.3, -0.25) is 4.68 Å². The van der Waals surface area contributed by atoms with Gasteiger partial charge in [0.1, 0.15) is 11.9 Å². The lowest BCUT2D eigenvalue weighted by Gasteiger charge is -2.17. The van der Waals surface area contributed by atoms with E-state index in [1.165, 1.54) is 0 Å². The number of anilines is 1. The molecule has 1 aliphatic heterocycles. The molecule has 0 amide bonds. The second kappa shape index (κ2) is 4.76. The minimum absolute atomic E-state index is 0.876. The van der Waals surface area contributed by atoms with E-state index < -0.39 is 0 Å². The van der Waals surface area contributed by atoms with Crippen LogP contribution in [0.5, 0.6) is 0 Å². The lowest BCUT2D eigenvalue weighted by molar-refractivity contribution is -0.426. The number of nitrogens with zero attached hydrogens (tertiary/aromatic N) is 5. The average molecular weight is 316 g/mol. The van der Waals surface area contributed by atoms with Crippen LogP contribution in [0, 0.1) is 0 Å². The predicted octanol–water partition coefficient (Wildman–Crippen LogP) is 2.46. The smallest absolute Gasteiger partial charge is 0.337 e. The maximum Gasteiger partial charge on any atom is 0.374 e. The molecule has 0 saturated carbocycles. The lowest BCUT2D eigenvalue weighted by Crippen LogP contribution is -2.27. The number of hydrazone groups is 1. The molecule has 5 rings (SSSR count). The molecule has 0 radical (unpaired) electrons. The summed E-state index contributed by atoms with van der Waals surface area (Å²) in [7, 11) is 1.90. The molecule has 0 saturated heterocycles. The quantitative estimate of drug-likeness (QED) is 0.557. The molecule has 0 unspecified atom stereocenters. The Balaban J connectivity index is 1.53. The minimum Gasteiger partial charge on any atom is -0.337 e. The first kappa shape index (κ1) is 13.0. The van der Waals surface area contributed by atoms with Gasteiger partial charge in [-0.25, -0.2) is 10.4 Å². The summed E-state index contributed by atoms with van der Waals surface area (Å²) >= 11 is 0. The number of pyridine rings is 2. The van der Waals surface area contributed by atoms with Gasteiger partial charge in [-0.15, -0.1) is 4.68 Å². The SMILES string of the molecule is Cn1cc(-c2ccc3c(n2)[N+](=Cc2cc4cccnc4[nH]2)N3)cn1. The third-order valence-electron chi connectivity index (χ3n) is 4.03. The zero-order chi connectivity index (χ0) is 16.1. The average Bonchev–Trinajstić information content (AvgIpc) is 3.18. The van der Waals surface area contributed by atoms with Gasteiger partial charge in [0.15, 0.2) is 11.4 Å². The van der Waals surface area contributed by atoms with Crippen molar-refractivity contribution in [3.8, 4) is 11.3 Å². The maximum absolute atomic E-state index is 4.72. The van der Waals surface area contributed by atoms with Crippen LogP contribution in [-0.4, -0.2) is 35.6 Å². The van der Waals surface area contributed by atoms with E-state index in [2.05, 4.69) is 26.6 Å². The van der Waals surface area contributed by atoms with Crippen molar-refractivity contribution in [3.63, 3.8) is 0 Å². The molecule has 4 aromatic heterocycles. The highest BCUT2D eigenvalue weighted by atomic mass is 15.5. The molecule has 1 aliphatic rings. The number of hydrazine groups is 1. The molecule has 0 bridgehead atoms. The number of rotatable bonds is 2. The molecule has 5 heterocycles. The number of hydrogen-bond donors (Lipinski definition) is 2. The molecule has 24 heavy (non-hydrogen) atoms. The molecule has 116 valence electrons. The molecule has 0 fully saturated rings. The van der Waals surface area contributed by atoms with Gasteiger partial charge < -0.3 is 4.98 Å². The first-order valence-corrected chi connectivity index (χ1v) is 7.61. The Morgan fingerprint density at radius 3 is 3.04 bits per heavy atom. The van der Waals surface area contributed by atoms with Gasteiger partial charge in [0.25, 0.3) is 0 Å². The Morgan fingerprint density at radius 2 is 2.21 bits per heavy atom. The Morgan fingerprint density at radius 1 is 1.25 bits per heavy atom. The van der Waals surface area contributed by atoms with Gasteiger partial charge >= 0.3 is 5.82 Å². The van der Waals surface area contributed by atoms with Crippen LogP contribution in [0.25, 0.3) is 22.3 Å². The normalized spacial score (nSPS) is 14.5. The van der Waals surface area contributed by atoms with Crippen molar-refractivity contribution in [2.24, 2.45) is 7.05 Å². The second-order valence-electron chi connectivity index (χ2n) is 5.75. The van der Waals surface area contributed by atoms with E-state index in [4.69, 9.17) is 4.98 Å². The fourth-order valence-electron chi connectivity index (χ4n) is 2.84. The first-order chi connectivity index (χ1) is 11.8. The Hall–Kier alpha value is -3.48. The standard InChI is InChI=1S/C17H13N7/c1-23-9-12(8-19-23)14-4-5-15-17(21-14)24(22-15)10-13-7-11-3-2-6-18-16(11)20-13/h2-10,22H,1H3/p+1. The fraction of sp³-hybridized carbons (Fsp3) is 0.0588. The number of H-pyrrole nitrogens is 1. The lowest BCUT2D eigenvalue weighted by atomic mass is 10.2. The van der Waals surface area contributed by atoms with E-state index in [1.54, 1.807) is 10.9 Å². The molecule has 0 spiro atoms. The van der Waals surface area contributed by atoms with Crippen molar-refractivity contribution in [2.45, 2.75) is 0 Å². The Kier molecular flexibility index (Phi) is 2.58. The third kappa shape index (κ3) is 1.98. The van der Waals surface area contributed by atoms with Crippen LogP contribution in [0.1, 0.15) is 5.69 Å². The Labute approximate surface area is 137 Å². The molecule has 7 nitrogen and oxygen atoms in total. The van der Waals surface area contributed by atoms with Crippen LogP contribution in [0.2, 0.25) is 0 Å². The van der Waals surface area contributed by atoms with Crippen molar-refractivity contribution in [1.82, 2.24) is 24.7 Å². The summed E-state index contributed by atoms with van der Waals surface area (Å²) in [5.74, 6) is 0.892. The maximum atomic E-state index is 4.72. The predicted molar refractivity (Wildman–Crippen MR) is 91.2 cm³/mol. The van der Waals surface area contributed by atoms with Crippen LogP contribution in [-0.2, 0) is 7.05 Å². The summed E-state index contributed by atoms with van der Waals surface area (Å²) in [5, 5.41) is 5.29. The Bertz CT molecular complexity index is 1070. The van der Waals surface area contributed by atoms with Crippen molar-refractivity contribution >= 4 is 28.8 Å². The highest BCUT2D eigenvalue weighted by molar-refractivity contribution is 5.87. The molecule has 4 aromatic rings. The highest BCUT2D eigenvalue weighted by Crippen LogP contribution is 2.33. The molecular formula is C17H14N7+. The number of aryl methyl sites for hydroxylation is 1. The van der Waals surface area contributed by atoms with E-state index in [0.29, 0.717) is 0 Å². The van der Waals surface area contributed by atoms with E-state index in [-0.39, 0.29) is 0 Å². The minimum atomic E-state index is 0.876. The topological polar surface area (TPSA) is 74.4 Å². The summed E-state index contributed by atoms with van der Waals surface area (Å²) in [4.78, 5) is 12.3. The van der Waals surface area contributed by atoms with Gasteiger partial charge in [-0.2, -0.15) is 5.10 Å². The van der Waals surface area contributed by atoms with Crippen molar-refractivity contribution in [2.75, 3.05) is 5.43 Å². The number of aromatic nitrogens is 5. The summed E-state index contributed by atoms with van der Waals surface area (Å²) in [6, 6.07) is 10.0. The van der Waals surface area contributed by atoms with Gasteiger partial charge in [-0.05, 0) is 35.3 Å². The third-order valence-corrected chi connectivity index (χ3v) is 4.03. The van der Waals surface area contributed by atoms with Crippen LogP contribution in [0.3, 0.4) is 0 Å². The van der Waals surface area contributed by atoms with Gasteiger partial charge in [0, 0.05) is 24.8 Å². The van der Waals surface area contributed by atoms with Crippen LogP contribution in [0.15, 0.2) is 48.9 Å². The van der Waals surface area contributed by atoms with Gasteiger partial charge in [0.05, 0.1) is 17.5 Å². The summed E-state index contributed by atoms with van der Waals surface area (Å²) < 4.78 is 3.68. The molecule has 0 aromatic carbocycles. The number of hydrogen-bond acceptors (Lipinski definition) is 4. The van der Waals surface area contributed by atoms with Gasteiger partial charge in [-0.1, -0.05) is 0 Å². The summed E-state index contributed by atoms with van der Waals surface area (Å²) in [5.41, 5.74) is 8.01. The molecule has 2 N–H and O–H groups in total. The first-order valence-electron chi connectivity index (χ1n) is 7.61. The zero-order valence-corrected chi connectivity index (χ0v) is 12.9. The summed E-state index contributed by atoms with van der Waals surface area (Å²) in [6.45, 7) is 0. The van der Waals surface area contributed by atoms with Gasteiger partial charge in [0.2, 0.25) is 0 Å². The van der Waals surface area contributed by atoms with Crippen molar-refractivity contribution in [1.29, 1.82) is 0 Å². The van der Waals surface area contributed by atoms with E-state index in [1.807, 2.05) is 54.6 Å². The number of aromatic amines is 1. The van der Waals surface area contributed by atoms with Crippen LogP contribution >= 0.6 is 0 Å². The largest absolute Gasteiger partial charge is 0.374 e. The summed E-state index contributed by atoms with van der Waals surface area (Å²) in [6.07, 6.45) is 7.53. The molecule has 0 aliphatic carbocycles. The monoisotopic (exact) mass is 316 g/mol. The molecule has 7 heteroatoms. The number of nitrogens with one attached hydrogen (secondary N) is 2. The zero-order valence-electron chi connectivity index (χ0n) is 12.9. The van der Waals surface area contributed by atoms with Crippen molar-refractivity contribution < 1.29 is 4.68 Å². The highest BCUT2D eigenvalue weighted by Gasteiger charge is 2.30. The van der Waals surface area contributed by atoms with E-state index >= 15 is 0 Å². The second-order valence-corrected chi connectivity index (χ2v) is 5.75. The van der Waals surface area contributed by atoms with Crippen LogP contribution < -0.4 is 5.43 Å². The van der Waals surface area contributed by atoms with Crippen molar-refractivity contribution in [3.05, 3.63) is 54.6 Å².